The Labute approximate surface area is 206 Å². The molecule has 180 valence electrons. The Hall–Kier alpha value is -3.28. The van der Waals surface area contributed by atoms with Gasteiger partial charge in [-0.15, -0.1) is 0 Å². The van der Waals surface area contributed by atoms with Crippen LogP contribution >= 0.6 is 0 Å². The van der Waals surface area contributed by atoms with E-state index in [-0.39, 0.29) is 23.2 Å². The van der Waals surface area contributed by atoms with Gasteiger partial charge in [-0.05, 0) is 45.4 Å². The van der Waals surface area contributed by atoms with Gasteiger partial charge in [-0.2, -0.15) is 0 Å². The number of aromatic hydroxyl groups is 1. The van der Waals surface area contributed by atoms with E-state index in [1.807, 2.05) is 60.7 Å². The number of phenolic OH excluding ortho intramolecular Hbond substituents is 1. The van der Waals surface area contributed by atoms with Crippen molar-refractivity contribution in [2.75, 3.05) is 0 Å². The molecule has 4 atom stereocenters. The summed E-state index contributed by atoms with van der Waals surface area (Å²) in [5.41, 5.74) is 6.33. The van der Waals surface area contributed by atoms with Gasteiger partial charge < -0.3 is 15.3 Å². The van der Waals surface area contributed by atoms with Crippen molar-refractivity contribution < 1.29 is 15.3 Å². The zero-order valence-corrected chi connectivity index (χ0v) is 20.4. The van der Waals surface area contributed by atoms with Crippen LogP contribution in [-0.4, -0.2) is 40.0 Å². The van der Waals surface area contributed by atoms with E-state index in [4.69, 9.17) is 9.98 Å². The Morgan fingerprint density at radius 2 is 1.17 bits per heavy atom. The van der Waals surface area contributed by atoms with Gasteiger partial charge in [-0.1, -0.05) is 69.3 Å². The van der Waals surface area contributed by atoms with Crippen molar-refractivity contribution in [2.45, 2.75) is 63.3 Å². The first-order valence-corrected chi connectivity index (χ1v) is 12.2. The molecular weight excluding hydrogens is 436 g/mol. The fourth-order valence-corrected chi connectivity index (χ4v) is 5.10. The molecule has 0 spiro atoms. The Bertz CT molecular complexity index is 1210. The molecule has 0 bridgehead atoms. The minimum absolute atomic E-state index is 0.0899. The van der Waals surface area contributed by atoms with E-state index in [1.165, 1.54) is 0 Å². The van der Waals surface area contributed by atoms with E-state index in [0.717, 1.165) is 27.8 Å². The van der Waals surface area contributed by atoms with Crippen molar-refractivity contribution >= 4 is 12.4 Å². The summed E-state index contributed by atoms with van der Waals surface area (Å²) in [4.78, 5) is 9.40. The van der Waals surface area contributed by atoms with Gasteiger partial charge in [0.15, 0.2) is 0 Å². The average molecular weight is 469 g/mol. The molecule has 5 nitrogen and oxygen atoms in total. The van der Waals surface area contributed by atoms with E-state index in [9.17, 15) is 15.3 Å². The fourth-order valence-electron chi connectivity index (χ4n) is 5.10. The maximum absolute atomic E-state index is 11.1. The smallest absolute Gasteiger partial charge is 0.133 e. The lowest BCUT2D eigenvalue weighted by molar-refractivity contribution is 0.159. The number of aliphatic hydroxyl groups is 2. The highest BCUT2D eigenvalue weighted by atomic mass is 16.3. The number of hydrogen-bond donors (Lipinski definition) is 3. The quantitative estimate of drug-likeness (QED) is 0.479. The van der Waals surface area contributed by atoms with Crippen molar-refractivity contribution in [1.29, 1.82) is 0 Å². The molecular formula is C30H32N2O3. The molecule has 0 saturated carbocycles. The van der Waals surface area contributed by atoms with Crippen molar-refractivity contribution in [3.8, 4) is 5.75 Å². The molecule has 0 unspecified atom stereocenters. The third-order valence-corrected chi connectivity index (χ3v) is 7.12. The summed E-state index contributed by atoms with van der Waals surface area (Å²) in [7, 11) is 0. The Morgan fingerprint density at radius 3 is 1.60 bits per heavy atom. The summed E-state index contributed by atoms with van der Waals surface area (Å²) >= 11 is 0. The third-order valence-electron chi connectivity index (χ3n) is 7.12. The van der Waals surface area contributed by atoms with Crippen LogP contribution in [0.2, 0.25) is 0 Å². The highest BCUT2D eigenvalue weighted by Crippen LogP contribution is 2.37. The zero-order valence-electron chi connectivity index (χ0n) is 20.4. The van der Waals surface area contributed by atoms with Crippen LogP contribution in [0.5, 0.6) is 5.75 Å². The molecule has 5 heteroatoms. The molecule has 0 heterocycles. The second-order valence-electron chi connectivity index (χ2n) is 10.6. The molecule has 3 aromatic carbocycles. The predicted molar refractivity (Wildman–Crippen MR) is 140 cm³/mol. The first kappa shape index (κ1) is 23.5. The molecule has 5 rings (SSSR count). The Morgan fingerprint density at radius 1 is 0.743 bits per heavy atom. The average Bonchev–Trinajstić information content (AvgIpc) is 3.31. The molecule has 0 aromatic heterocycles. The predicted octanol–water partition coefficient (Wildman–Crippen LogP) is 4.84. The third kappa shape index (κ3) is 4.54. The van der Waals surface area contributed by atoms with Gasteiger partial charge in [0, 0.05) is 36.4 Å². The van der Waals surface area contributed by atoms with Gasteiger partial charge in [0.2, 0.25) is 0 Å². The second kappa shape index (κ2) is 9.06. The molecule has 0 amide bonds. The maximum atomic E-state index is 11.1. The highest BCUT2D eigenvalue weighted by molar-refractivity contribution is 5.92. The standard InChI is InChI=1S/C30H32N2O3/c1-30(2,3)22-12-20(16-31-27-23-10-6-4-8-18(23)14-25(27)33)29(35)21(13-22)17-32-28-24-11-7-5-9-19(24)15-26(28)34/h4-13,16-17,25-28,33-35H,14-15H2,1-3H3/t25-,26-,27+,28+/m1/s1. The van der Waals surface area contributed by atoms with Gasteiger partial charge in [-0.25, -0.2) is 0 Å². The molecule has 35 heavy (non-hydrogen) atoms. The van der Waals surface area contributed by atoms with Crippen molar-refractivity contribution in [2.24, 2.45) is 9.98 Å². The lowest BCUT2D eigenvalue weighted by Crippen LogP contribution is -2.14. The minimum atomic E-state index is -0.582. The minimum Gasteiger partial charge on any atom is -0.507 e. The summed E-state index contributed by atoms with van der Waals surface area (Å²) < 4.78 is 0. The summed E-state index contributed by atoms with van der Waals surface area (Å²) in [6.45, 7) is 6.36. The summed E-state index contributed by atoms with van der Waals surface area (Å²) in [6.07, 6.45) is 3.32. The molecule has 0 radical (unpaired) electrons. The SMILES string of the molecule is CC(C)(C)c1cc(C=N[C@H]2c3ccccc3C[C@H]2O)c(O)c(C=N[C@H]2c3ccccc3C[C@H]2O)c1. The summed E-state index contributed by atoms with van der Waals surface area (Å²) in [5, 5.41) is 32.3. The van der Waals surface area contributed by atoms with Crippen LogP contribution in [0.1, 0.15) is 71.8 Å². The zero-order chi connectivity index (χ0) is 24.7. The van der Waals surface area contributed by atoms with Crippen LogP contribution < -0.4 is 0 Å². The fraction of sp³-hybridized carbons (Fsp3) is 0.333. The summed E-state index contributed by atoms with van der Waals surface area (Å²) in [5.74, 6) is 0.0899. The molecule has 0 aliphatic heterocycles. The Balaban J connectivity index is 1.50. The van der Waals surface area contributed by atoms with Crippen molar-refractivity contribution in [1.82, 2.24) is 0 Å². The van der Waals surface area contributed by atoms with E-state index in [0.29, 0.717) is 24.0 Å². The van der Waals surface area contributed by atoms with Crippen LogP contribution in [0, 0.1) is 0 Å². The van der Waals surface area contributed by atoms with Gasteiger partial charge >= 0.3 is 0 Å². The lowest BCUT2D eigenvalue weighted by Gasteiger charge is -2.21. The largest absolute Gasteiger partial charge is 0.507 e. The van der Waals surface area contributed by atoms with Gasteiger partial charge in [0.05, 0.1) is 12.2 Å². The van der Waals surface area contributed by atoms with Crippen LogP contribution in [-0.2, 0) is 18.3 Å². The van der Waals surface area contributed by atoms with Crippen LogP contribution in [0.3, 0.4) is 0 Å². The summed E-state index contributed by atoms with van der Waals surface area (Å²) in [6, 6.07) is 19.1. The van der Waals surface area contributed by atoms with Gasteiger partial charge in [0.25, 0.3) is 0 Å². The molecule has 0 saturated heterocycles. The first-order valence-electron chi connectivity index (χ1n) is 12.2. The first-order chi connectivity index (χ1) is 16.7. The van der Waals surface area contributed by atoms with E-state index >= 15 is 0 Å². The van der Waals surface area contributed by atoms with Gasteiger partial charge in [0.1, 0.15) is 17.8 Å². The van der Waals surface area contributed by atoms with E-state index in [1.54, 1.807) is 12.4 Å². The van der Waals surface area contributed by atoms with E-state index in [2.05, 4.69) is 20.8 Å². The molecule has 0 fully saturated rings. The number of aliphatic hydroxyl groups excluding tert-OH is 2. The number of phenols is 1. The van der Waals surface area contributed by atoms with Crippen molar-refractivity contribution in [3.63, 3.8) is 0 Å². The van der Waals surface area contributed by atoms with Gasteiger partial charge in [-0.3, -0.25) is 9.98 Å². The molecule has 2 aliphatic rings. The van der Waals surface area contributed by atoms with Crippen LogP contribution in [0.15, 0.2) is 70.6 Å². The molecule has 2 aliphatic carbocycles. The van der Waals surface area contributed by atoms with Crippen LogP contribution in [0.4, 0.5) is 0 Å². The number of aliphatic imine (C=N–C) groups is 2. The molecule has 3 aromatic rings. The maximum Gasteiger partial charge on any atom is 0.133 e. The topological polar surface area (TPSA) is 85.4 Å². The number of benzene rings is 3. The molecule has 3 N–H and O–H groups in total. The number of rotatable bonds is 4. The lowest BCUT2D eigenvalue weighted by atomic mass is 9.85. The number of hydrogen-bond acceptors (Lipinski definition) is 5. The van der Waals surface area contributed by atoms with E-state index < -0.39 is 12.2 Å². The number of fused-ring (bicyclic) bond motifs is 2. The Kier molecular flexibility index (Phi) is 6.07. The number of nitrogens with zero attached hydrogens (tertiary/aromatic N) is 2. The highest BCUT2D eigenvalue weighted by Gasteiger charge is 2.31. The second-order valence-corrected chi connectivity index (χ2v) is 10.6. The normalized spacial score (nSPS) is 23.8. The van der Waals surface area contributed by atoms with Crippen LogP contribution in [0.25, 0.3) is 0 Å². The van der Waals surface area contributed by atoms with Crippen molar-refractivity contribution in [3.05, 3.63) is 99.6 Å². The monoisotopic (exact) mass is 468 g/mol.